The highest BCUT2D eigenvalue weighted by molar-refractivity contribution is 7.88. The van der Waals surface area contributed by atoms with Crippen molar-refractivity contribution in [2.75, 3.05) is 26.5 Å². The van der Waals surface area contributed by atoms with E-state index in [4.69, 9.17) is 9.15 Å². The third-order valence-corrected chi connectivity index (χ3v) is 3.20. The molecule has 15 heavy (non-hydrogen) atoms. The van der Waals surface area contributed by atoms with Gasteiger partial charge in [0.25, 0.3) is 0 Å². The van der Waals surface area contributed by atoms with Crippen LogP contribution >= 0.6 is 0 Å². The van der Waals surface area contributed by atoms with Gasteiger partial charge in [-0.1, -0.05) is 0 Å². The van der Waals surface area contributed by atoms with Gasteiger partial charge in [0.1, 0.15) is 0 Å². The molecule has 0 saturated heterocycles. The maximum atomic E-state index is 11.4. The number of methoxy groups -OCH3 is 1. The molecule has 0 N–H and O–H groups in total. The van der Waals surface area contributed by atoms with Crippen LogP contribution in [-0.4, -0.2) is 39.2 Å². The second-order valence-corrected chi connectivity index (χ2v) is 5.20. The van der Waals surface area contributed by atoms with Gasteiger partial charge in [-0.2, -0.15) is 4.31 Å². The molecule has 0 aliphatic rings. The molecule has 0 aliphatic heterocycles. The maximum Gasteiger partial charge on any atom is 0.211 e. The second kappa shape index (κ2) is 5.29. The van der Waals surface area contributed by atoms with Gasteiger partial charge >= 0.3 is 0 Å². The molecule has 0 saturated carbocycles. The molecule has 1 aromatic rings. The predicted molar refractivity (Wildman–Crippen MR) is 55.8 cm³/mol. The first kappa shape index (κ1) is 12.2. The first-order chi connectivity index (χ1) is 7.04. The lowest BCUT2D eigenvalue weighted by molar-refractivity contribution is 0.177. The zero-order valence-corrected chi connectivity index (χ0v) is 9.66. The van der Waals surface area contributed by atoms with Crippen LogP contribution in [0.2, 0.25) is 0 Å². The van der Waals surface area contributed by atoms with Crippen LogP contribution in [0.5, 0.6) is 0 Å². The minimum absolute atomic E-state index is 0.318. The van der Waals surface area contributed by atoms with E-state index in [0.717, 1.165) is 5.56 Å². The van der Waals surface area contributed by atoms with E-state index in [2.05, 4.69) is 0 Å². The van der Waals surface area contributed by atoms with Crippen molar-refractivity contribution in [3.8, 4) is 0 Å². The van der Waals surface area contributed by atoms with E-state index >= 15 is 0 Å². The zero-order valence-electron chi connectivity index (χ0n) is 8.84. The number of rotatable bonds is 6. The van der Waals surface area contributed by atoms with Crippen molar-refractivity contribution in [1.29, 1.82) is 0 Å². The molecule has 0 bridgehead atoms. The number of furan rings is 1. The molecule has 0 aromatic carbocycles. The third kappa shape index (κ3) is 4.03. The summed E-state index contributed by atoms with van der Waals surface area (Å²) in [7, 11) is -1.66. The highest BCUT2D eigenvalue weighted by atomic mass is 32.2. The third-order valence-electron chi connectivity index (χ3n) is 1.95. The predicted octanol–water partition coefficient (Wildman–Crippen LogP) is 0.688. The van der Waals surface area contributed by atoms with Crippen LogP contribution in [0.4, 0.5) is 0 Å². The molecule has 0 fully saturated rings. The van der Waals surface area contributed by atoms with Crippen molar-refractivity contribution in [1.82, 2.24) is 4.31 Å². The number of nitrogens with zero attached hydrogens (tertiary/aromatic N) is 1. The van der Waals surface area contributed by atoms with Crippen LogP contribution in [0.25, 0.3) is 0 Å². The van der Waals surface area contributed by atoms with Gasteiger partial charge in [-0.3, -0.25) is 0 Å². The van der Waals surface area contributed by atoms with Crippen molar-refractivity contribution in [3.05, 3.63) is 24.2 Å². The lowest BCUT2D eigenvalue weighted by Gasteiger charge is -2.18. The SMILES string of the molecule is COCCN(Cc1ccoc1)S(C)(=O)=O. The lowest BCUT2D eigenvalue weighted by atomic mass is 10.3. The summed E-state index contributed by atoms with van der Waals surface area (Å²) < 4.78 is 33.9. The normalized spacial score (nSPS) is 12.2. The molecule has 86 valence electrons. The molecule has 0 unspecified atom stereocenters. The molecule has 0 radical (unpaired) electrons. The van der Waals surface area contributed by atoms with Gasteiger partial charge in [0.15, 0.2) is 0 Å². The fraction of sp³-hybridized carbons (Fsp3) is 0.556. The molecule has 1 heterocycles. The average molecular weight is 233 g/mol. The first-order valence-corrected chi connectivity index (χ1v) is 6.34. The van der Waals surface area contributed by atoms with Crippen LogP contribution in [0.3, 0.4) is 0 Å². The minimum atomic E-state index is -3.20. The van der Waals surface area contributed by atoms with Gasteiger partial charge in [-0.25, -0.2) is 8.42 Å². The Balaban J connectivity index is 2.65. The lowest BCUT2D eigenvalue weighted by Crippen LogP contribution is -2.32. The highest BCUT2D eigenvalue weighted by Crippen LogP contribution is 2.08. The Hall–Kier alpha value is -0.850. The van der Waals surface area contributed by atoms with Gasteiger partial charge in [0.05, 0.1) is 25.4 Å². The number of hydrogen-bond acceptors (Lipinski definition) is 4. The van der Waals surface area contributed by atoms with E-state index in [0.29, 0.717) is 19.7 Å². The fourth-order valence-electron chi connectivity index (χ4n) is 1.14. The Morgan fingerprint density at radius 1 is 1.53 bits per heavy atom. The van der Waals surface area contributed by atoms with Crippen LogP contribution in [0.15, 0.2) is 23.0 Å². The first-order valence-electron chi connectivity index (χ1n) is 4.49. The van der Waals surface area contributed by atoms with Gasteiger partial charge in [-0.05, 0) is 6.07 Å². The molecule has 0 atom stereocenters. The minimum Gasteiger partial charge on any atom is -0.472 e. The monoisotopic (exact) mass is 233 g/mol. The standard InChI is InChI=1S/C9H15NO4S/c1-13-6-4-10(15(2,11)12)7-9-3-5-14-8-9/h3,5,8H,4,6-7H2,1-2H3. The van der Waals surface area contributed by atoms with Crippen molar-refractivity contribution < 1.29 is 17.6 Å². The quantitative estimate of drug-likeness (QED) is 0.725. The Labute approximate surface area is 89.7 Å². The maximum absolute atomic E-state index is 11.4. The fourth-order valence-corrected chi connectivity index (χ4v) is 1.93. The summed E-state index contributed by atoms with van der Waals surface area (Å²) >= 11 is 0. The summed E-state index contributed by atoms with van der Waals surface area (Å²) in [6.07, 6.45) is 4.24. The molecule has 5 nitrogen and oxygen atoms in total. The highest BCUT2D eigenvalue weighted by Gasteiger charge is 2.16. The molecule has 1 aromatic heterocycles. The van der Waals surface area contributed by atoms with Gasteiger partial charge in [-0.15, -0.1) is 0 Å². The summed E-state index contributed by atoms with van der Waals surface area (Å²) in [4.78, 5) is 0. The Kier molecular flexibility index (Phi) is 4.31. The Bertz CT molecular complexity index is 371. The van der Waals surface area contributed by atoms with E-state index in [1.54, 1.807) is 6.07 Å². The van der Waals surface area contributed by atoms with Gasteiger partial charge in [0, 0.05) is 25.8 Å². The van der Waals surface area contributed by atoms with Crippen molar-refractivity contribution in [2.45, 2.75) is 6.54 Å². The molecule has 0 amide bonds. The van der Waals surface area contributed by atoms with Gasteiger partial charge in [0.2, 0.25) is 10.0 Å². The summed E-state index contributed by atoms with van der Waals surface area (Å²) in [5, 5.41) is 0. The Morgan fingerprint density at radius 2 is 2.27 bits per heavy atom. The topological polar surface area (TPSA) is 59.8 Å². The van der Waals surface area contributed by atoms with E-state index in [1.165, 1.54) is 30.2 Å². The summed E-state index contributed by atoms with van der Waals surface area (Å²) in [6, 6.07) is 1.74. The molecule has 1 rings (SSSR count). The number of hydrogen-bond donors (Lipinski definition) is 0. The number of sulfonamides is 1. The van der Waals surface area contributed by atoms with E-state index in [9.17, 15) is 8.42 Å². The van der Waals surface area contributed by atoms with E-state index < -0.39 is 10.0 Å². The molecular weight excluding hydrogens is 218 g/mol. The van der Waals surface area contributed by atoms with Crippen LogP contribution < -0.4 is 0 Å². The molecular formula is C9H15NO4S. The molecule has 0 aliphatic carbocycles. The second-order valence-electron chi connectivity index (χ2n) is 3.22. The molecule has 0 spiro atoms. The van der Waals surface area contributed by atoms with E-state index in [-0.39, 0.29) is 0 Å². The smallest absolute Gasteiger partial charge is 0.211 e. The van der Waals surface area contributed by atoms with Crippen LogP contribution in [-0.2, 0) is 21.3 Å². The summed E-state index contributed by atoms with van der Waals surface area (Å²) in [6.45, 7) is 1.05. The van der Waals surface area contributed by atoms with Crippen LogP contribution in [0, 0.1) is 0 Å². The summed E-state index contributed by atoms with van der Waals surface area (Å²) in [5.41, 5.74) is 0.830. The summed E-state index contributed by atoms with van der Waals surface area (Å²) in [5.74, 6) is 0. The van der Waals surface area contributed by atoms with Crippen molar-refractivity contribution >= 4 is 10.0 Å². The van der Waals surface area contributed by atoms with Crippen LogP contribution in [0.1, 0.15) is 5.56 Å². The Morgan fingerprint density at radius 3 is 2.73 bits per heavy atom. The number of ether oxygens (including phenoxy) is 1. The van der Waals surface area contributed by atoms with Crippen molar-refractivity contribution in [2.24, 2.45) is 0 Å². The molecule has 6 heteroatoms. The van der Waals surface area contributed by atoms with E-state index in [1.807, 2.05) is 0 Å². The zero-order chi connectivity index (χ0) is 11.3. The average Bonchev–Trinajstić information content (AvgIpc) is 2.62. The largest absolute Gasteiger partial charge is 0.472 e. The van der Waals surface area contributed by atoms with Crippen molar-refractivity contribution in [3.63, 3.8) is 0 Å². The van der Waals surface area contributed by atoms with Gasteiger partial charge < -0.3 is 9.15 Å².